The average molecular weight is 136 g/mol. The fourth-order valence-electron chi connectivity index (χ4n) is 0.764. The smallest absolute Gasteiger partial charge is 0.126 e. The topological polar surface area (TPSA) is 0 Å². The zero-order valence-corrected chi connectivity index (χ0v) is 5.84. The monoisotopic (exact) mass is 136 g/mol. The van der Waals surface area contributed by atoms with Gasteiger partial charge in [0.2, 0.25) is 0 Å². The highest BCUT2D eigenvalue weighted by Crippen LogP contribution is 2.13. The Morgan fingerprint density at radius 3 is 2.40 bits per heavy atom. The zero-order valence-electron chi connectivity index (χ0n) is 5.84. The van der Waals surface area contributed by atoms with Gasteiger partial charge in [0.05, 0.1) is 0 Å². The van der Waals surface area contributed by atoms with E-state index in [-0.39, 0.29) is 5.83 Å². The Morgan fingerprint density at radius 1 is 1.30 bits per heavy atom. The van der Waals surface area contributed by atoms with Gasteiger partial charge in [-0.3, -0.25) is 0 Å². The van der Waals surface area contributed by atoms with Crippen LogP contribution in [-0.2, 0) is 0 Å². The van der Waals surface area contributed by atoms with Gasteiger partial charge in [-0.2, -0.15) is 0 Å². The molecular weight excluding hydrogens is 127 g/mol. The molecule has 0 amide bonds. The van der Waals surface area contributed by atoms with E-state index >= 15 is 0 Å². The van der Waals surface area contributed by atoms with E-state index in [2.05, 4.69) is 0 Å². The molecule has 0 spiro atoms. The summed E-state index contributed by atoms with van der Waals surface area (Å²) in [5.41, 5.74) is 0.644. The van der Waals surface area contributed by atoms with E-state index in [1.165, 1.54) is 6.08 Å². The number of halogens is 1. The van der Waals surface area contributed by atoms with Gasteiger partial charge in [0, 0.05) is 5.56 Å². The Morgan fingerprint density at radius 2 is 1.90 bits per heavy atom. The second kappa shape index (κ2) is 3.16. The second-order valence-corrected chi connectivity index (χ2v) is 2.00. The normalized spacial score (nSPS) is 11.6. The highest BCUT2D eigenvalue weighted by molar-refractivity contribution is 5.58. The quantitative estimate of drug-likeness (QED) is 0.556. The third kappa shape index (κ3) is 1.44. The summed E-state index contributed by atoms with van der Waals surface area (Å²) in [6.45, 7) is 1.68. The summed E-state index contributed by atoms with van der Waals surface area (Å²) in [6.07, 6.45) is 1.45. The molecule has 0 radical (unpaired) electrons. The molecule has 1 aromatic carbocycles. The molecule has 0 aliphatic rings. The minimum Gasteiger partial charge on any atom is -0.207 e. The van der Waals surface area contributed by atoms with Crippen molar-refractivity contribution in [1.82, 2.24) is 0 Å². The maximum Gasteiger partial charge on any atom is 0.126 e. The molecule has 0 aliphatic heterocycles. The molecular formula is C9H9F. The third-order valence-electron chi connectivity index (χ3n) is 1.30. The van der Waals surface area contributed by atoms with Crippen molar-refractivity contribution in [3.8, 4) is 0 Å². The van der Waals surface area contributed by atoms with E-state index < -0.39 is 0 Å². The molecule has 0 heterocycles. The maximum absolute atomic E-state index is 12.7. The molecule has 0 nitrogen and oxygen atoms in total. The molecule has 0 N–H and O–H groups in total. The summed E-state index contributed by atoms with van der Waals surface area (Å²) in [4.78, 5) is 0. The fourth-order valence-corrected chi connectivity index (χ4v) is 0.764. The minimum absolute atomic E-state index is 0.166. The summed E-state index contributed by atoms with van der Waals surface area (Å²) in [7, 11) is 0. The van der Waals surface area contributed by atoms with Crippen molar-refractivity contribution in [3.63, 3.8) is 0 Å². The van der Waals surface area contributed by atoms with Crippen LogP contribution in [0.1, 0.15) is 12.5 Å². The van der Waals surface area contributed by atoms with Gasteiger partial charge in [-0.1, -0.05) is 36.4 Å². The number of rotatable bonds is 1. The third-order valence-corrected chi connectivity index (χ3v) is 1.30. The Bertz CT molecular complexity index is 224. The molecule has 0 aliphatic carbocycles. The molecule has 0 bridgehead atoms. The number of benzene rings is 1. The van der Waals surface area contributed by atoms with Crippen molar-refractivity contribution in [2.24, 2.45) is 0 Å². The molecule has 1 aromatic rings. The van der Waals surface area contributed by atoms with Crippen LogP contribution in [0.25, 0.3) is 5.83 Å². The fraction of sp³-hybridized carbons (Fsp3) is 0.111. The first kappa shape index (κ1) is 7.00. The Hall–Kier alpha value is -1.11. The zero-order chi connectivity index (χ0) is 7.40. The number of allylic oxidation sites excluding steroid dienone is 1. The molecule has 0 saturated heterocycles. The number of hydrogen-bond acceptors (Lipinski definition) is 0. The molecule has 0 fully saturated rings. The van der Waals surface area contributed by atoms with E-state index in [9.17, 15) is 4.39 Å². The van der Waals surface area contributed by atoms with Gasteiger partial charge in [0.25, 0.3) is 0 Å². The summed E-state index contributed by atoms with van der Waals surface area (Å²) >= 11 is 0. The van der Waals surface area contributed by atoms with Gasteiger partial charge in [0.1, 0.15) is 5.83 Å². The molecule has 0 aromatic heterocycles. The molecule has 52 valence electrons. The minimum atomic E-state index is -0.166. The van der Waals surface area contributed by atoms with Crippen molar-refractivity contribution in [2.45, 2.75) is 6.92 Å². The number of hydrogen-bond donors (Lipinski definition) is 0. The molecule has 0 unspecified atom stereocenters. The lowest BCUT2D eigenvalue weighted by Gasteiger charge is -1.93. The highest BCUT2D eigenvalue weighted by atomic mass is 19.1. The highest BCUT2D eigenvalue weighted by Gasteiger charge is 1.93. The van der Waals surface area contributed by atoms with E-state index in [0.717, 1.165) is 0 Å². The Labute approximate surface area is 60.0 Å². The standard InChI is InChI=1S/C9H9F/c1-2-9(10)8-6-4-3-5-7-8/h2-7H,1H3/b9-2-. The molecule has 10 heavy (non-hydrogen) atoms. The lowest BCUT2D eigenvalue weighted by molar-refractivity contribution is 0.758. The van der Waals surface area contributed by atoms with E-state index in [1.807, 2.05) is 18.2 Å². The van der Waals surface area contributed by atoms with Crippen LogP contribution in [0.2, 0.25) is 0 Å². The SMILES string of the molecule is C/C=C(\F)c1ccccc1. The summed E-state index contributed by atoms with van der Waals surface area (Å²) in [6, 6.07) is 8.99. The second-order valence-electron chi connectivity index (χ2n) is 2.00. The van der Waals surface area contributed by atoms with Crippen molar-refractivity contribution in [1.29, 1.82) is 0 Å². The molecule has 1 heteroatoms. The average Bonchev–Trinajstić information content (AvgIpc) is 2.05. The van der Waals surface area contributed by atoms with Crippen LogP contribution in [0.4, 0.5) is 4.39 Å². The van der Waals surface area contributed by atoms with Crippen molar-refractivity contribution in [3.05, 3.63) is 42.0 Å². The van der Waals surface area contributed by atoms with Crippen LogP contribution in [-0.4, -0.2) is 0 Å². The van der Waals surface area contributed by atoms with Gasteiger partial charge >= 0.3 is 0 Å². The van der Waals surface area contributed by atoms with Crippen LogP contribution in [0.5, 0.6) is 0 Å². The maximum atomic E-state index is 12.7. The lowest BCUT2D eigenvalue weighted by Crippen LogP contribution is -1.73. The predicted molar refractivity (Wildman–Crippen MR) is 41.2 cm³/mol. The van der Waals surface area contributed by atoms with Gasteiger partial charge in [-0.25, -0.2) is 4.39 Å². The van der Waals surface area contributed by atoms with Crippen molar-refractivity contribution < 1.29 is 4.39 Å². The van der Waals surface area contributed by atoms with Crippen molar-refractivity contribution in [2.75, 3.05) is 0 Å². The van der Waals surface area contributed by atoms with E-state index in [1.54, 1.807) is 19.1 Å². The Balaban J connectivity index is 2.96. The Kier molecular flexibility index (Phi) is 2.21. The molecule has 0 saturated carbocycles. The summed E-state index contributed by atoms with van der Waals surface area (Å²) < 4.78 is 12.7. The van der Waals surface area contributed by atoms with Crippen molar-refractivity contribution >= 4 is 5.83 Å². The van der Waals surface area contributed by atoms with E-state index in [0.29, 0.717) is 5.56 Å². The molecule has 1 rings (SSSR count). The lowest BCUT2D eigenvalue weighted by atomic mass is 10.2. The van der Waals surface area contributed by atoms with Crippen LogP contribution in [0.15, 0.2) is 36.4 Å². The first-order chi connectivity index (χ1) is 4.84. The van der Waals surface area contributed by atoms with Gasteiger partial charge in [-0.15, -0.1) is 0 Å². The van der Waals surface area contributed by atoms with E-state index in [4.69, 9.17) is 0 Å². The van der Waals surface area contributed by atoms with Gasteiger partial charge in [-0.05, 0) is 6.92 Å². The first-order valence-corrected chi connectivity index (χ1v) is 3.22. The van der Waals surface area contributed by atoms with Crippen LogP contribution in [0.3, 0.4) is 0 Å². The van der Waals surface area contributed by atoms with Gasteiger partial charge < -0.3 is 0 Å². The molecule has 0 atom stereocenters. The first-order valence-electron chi connectivity index (χ1n) is 3.22. The van der Waals surface area contributed by atoms with Crippen LogP contribution >= 0.6 is 0 Å². The predicted octanol–water partition coefficient (Wildman–Crippen LogP) is 3.02. The largest absolute Gasteiger partial charge is 0.207 e. The van der Waals surface area contributed by atoms with Gasteiger partial charge in [0.15, 0.2) is 0 Å². The van der Waals surface area contributed by atoms with Crippen LogP contribution < -0.4 is 0 Å². The summed E-state index contributed by atoms with van der Waals surface area (Å²) in [5.74, 6) is -0.166. The summed E-state index contributed by atoms with van der Waals surface area (Å²) in [5, 5.41) is 0. The van der Waals surface area contributed by atoms with Crippen LogP contribution in [0, 0.1) is 0 Å².